The molecule has 2 heterocycles. The van der Waals surface area contributed by atoms with Crippen molar-refractivity contribution in [3.63, 3.8) is 0 Å². The van der Waals surface area contributed by atoms with Gasteiger partial charge in [-0.15, -0.1) is 0 Å². The van der Waals surface area contributed by atoms with Gasteiger partial charge in [0.1, 0.15) is 6.10 Å². The van der Waals surface area contributed by atoms with E-state index >= 15 is 0 Å². The van der Waals surface area contributed by atoms with Gasteiger partial charge in [0.2, 0.25) is 5.91 Å². The molecular weight excluding hydrogens is 498 g/mol. The third-order valence-electron chi connectivity index (χ3n) is 10.1. The van der Waals surface area contributed by atoms with Crippen molar-refractivity contribution in [3.05, 3.63) is 69.3 Å². The number of piperidine rings is 1. The fraction of sp³-hybridized carbons (Fsp3) is 0.500. The van der Waals surface area contributed by atoms with Crippen LogP contribution in [-0.2, 0) is 16.6 Å². The smallest absolute Gasteiger partial charge is 0.270 e. The Morgan fingerprint density at radius 2 is 2.08 bits per heavy atom. The maximum Gasteiger partial charge on any atom is 0.270 e. The largest absolute Gasteiger partial charge is 0.504 e. The summed E-state index contributed by atoms with van der Waals surface area (Å²) >= 11 is 0. The number of nitro groups is 1. The summed E-state index contributed by atoms with van der Waals surface area (Å²) in [6.45, 7) is 1.87. The Morgan fingerprint density at radius 3 is 2.85 bits per heavy atom. The molecule has 1 saturated heterocycles. The minimum absolute atomic E-state index is 0.0170. The van der Waals surface area contributed by atoms with Crippen LogP contribution >= 0.6 is 0 Å². The van der Waals surface area contributed by atoms with Gasteiger partial charge in [0.15, 0.2) is 11.5 Å². The average Bonchev–Trinajstić information content (AvgIpc) is 3.67. The molecule has 5 aliphatic rings. The fourth-order valence-electron chi connectivity index (χ4n) is 8.04. The Morgan fingerprint density at radius 1 is 1.26 bits per heavy atom. The Hall–Kier alpha value is -3.43. The van der Waals surface area contributed by atoms with E-state index < -0.39 is 22.0 Å². The molecule has 7 rings (SSSR count). The summed E-state index contributed by atoms with van der Waals surface area (Å²) in [6, 6.07) is 9.51. The van der Waals surface area contributed by atoms with Crippen molar-refractivity contribution in [1.82, 2.24) is 9.80 Å². The van der Waals surface area contributed by atoms with Gasteiger partial charge in [0.05, 0.1) is 22.0 Å². The Kier molecular flexibility index (Phi) is 5.38. The number of hydrogen-bond acceptors (Lipinski definition) is 7. The summed E-state index contributed by atoms with van der Waals surface area (Å²) in [7, 11) is 1.75. The van der Waals surface area contributed by atoms with E-state index in [0.29, 0.717) is 36.5 Å². The van der Waals surface area contributed by atoms with Crippen molar-refractivity contribution in [1.29, 1.82) is 0 Å². The lowest BCUT2D eigenvalue weighted by atomic mass is 9.48. The Labute approximate surface area is 226 Å². The highest BCUT2D eigenvalue weighted by atomic mass is 16.6. The lowest BCUT2D eigenvalue weighted by molar-refractivity contribution is -0.384. The van der Waals surface area contributed by atoms with Crippen LogP contribution in [0.25, 0.3) is 6.08 Å². The van der Waals surface area contributed by atoms with Crippen LogP contribution < -0.4 is 4.74 Å². The molecule has 0 aromatic heterocycles. The number of benzene rings is 2. The maximum atomic E-state index is 13.4. The van der Waals surface area contributed by atoms with E-state index in [-0.39, 0.29) is 29.4 Å². The second kappa shape index (κ2) is 8.53. The monoisotopic (exact) mass is 531 g/mol. The van der Waals surface area contributed by atoms with Crippen LogP contribution in [0.4, 0.5) is 5.69 Å². The molecule has 2 aliphatic heterocycles. The number of hydrogen-bond donors (Lipinski definition) is 2. The summed E-state index contributed by atoms with van der Waals surface area (Å²) in [4.78, 5) is 28.2. The van der Waals surface area contributed by atoms with E-state index in [1.165, 1.54) is 31.1 Å². The van der Waals surface area contributed by atoms with Gasteiger partial charge in [-0.3, -0.25) is 19.8 Å². The number of nitro benzene ring substituents is 1. The third-order valence-corrected chi connectivity index (χ3v) is 10.1. The number of likely N-dealkylation sites (tertiary alicyclic amines) is 1. The average molecular weight is 532 g/mol. The molecule has 204 valence electrons. The van der Waals surface area contributed by atoms with Gasteiger partial charge in [0, 0.05) is 43.4 Å². The number of ether oxygens (including phenoxy) is 1. The zero-order valence-corrected chi connectivity index (χ0v) is 22.0. The number of nitrogens with zero attached hydrogens (tertiary/aromatic N) is 3. The number of carbonyl (C=O) groups is 1. The lowest BCUT2D eigenvalue weighted by Gasteiger charge is -2.64. The number of aromatic hydroxyl groups is 1. The molecule has 1 amide bonds. The topological polar surface area (TPSA) is 116 Å². The van der Waals surface area contributed by atoms with Crippen molar-refractivity contribution in [2.24, 2.45) is 5.92 Å². The number of likely N-dealkylation sites (N-methyl/N-ethyl adjacent to an activating group) is 1. The molecule has 0 radical (unpaired) electrons. The molecule has 5 atom stereocenters. The number of carbonyl (C=O) groups excluding carboxylic acids is 1. The number of non-ortho nitro benzene ring substituents is 1. The fourth-order valence-corrected chi connectivity index (χ4v) is 8.04. The molecule has 2 N–H and O–H groups in total. The first-order chi connectivity index (χ1) is 18.7. The van der Waals surface area contributed by atoms with Crippen molar-refractivity contribution in [2.75, 3.05) is 20.1 Å². The van der Waals surface area contributed by atoms with Gasteiger partial charge < -0.3 is 19.8 Å². The quantitative estimate of drug-likeness (QED) is 0.333. The van der Waals surface area contributed by atoms with Crippen LogP contribution in [0.5, 0.6) is 11.5 Å². The number of aliphatic hydroxyl groups is 1. The van der Waals surface area contributed by atoms with E-state index in [4.69, 9.17) is 4.74 Å². The van der Waals surface area contributed by atoms with Crippen LogP contribution in [0.3, 0.4) is 0 Å². The van der Waals surface area contributed by atoms with Crippen molar-refractivity contribution < 1.29 is 24.7 Å². The standard InChI is InChI=1S/C30H33N3O6/c1-31(25(35)10-7-18-3-2-4-21(15-18)33(37)38)22-11-12-30(36)24-16-20-8-9-23(34)27-26(20)29(30,28(22)39-27)13-14-32(24)17-19-5-6-19/h2-4,7-10,15,19,22,24,28,34,36H,5-6,11-14,16-17H2,1H3/t22?,24-,28?,29+,30?/m1/s1. The van der Waals surface area contributed by atoms with Crippen LogP contribution in [0.2, 0.25) is 0 Å². The van der Waals surface area contributed by atoms with Gasteiger partial charge in [-0.1, -0.05) is 18.2 Å². The van der Waals surface area contributed by atoms with Gasteiger partial charge in [-0.2, -0.15) is 0 Å². The summed E-state index contributed by atoms with van der Waals surface area (Å²) in [5, 5.41) is 34.5. The first kappa shape index (κ1) is 24.6. The number of phenolic OH excluding ortho intramolecular Hbond substituents is 1. The van der Waals surface area contributed by atoms with Crippen molar-refractivity contribution >= 4 is 17.7 Å². The normalized spacial score (nSPS) is 32.5. The Bertz CT molecular complexity index is 1410. The van der Waals surface area contributed by atoms with E-state index in [1.54, 1.807) is 36.2 Å². The molecule has 2 bridgehead atoms. The second-order valence-electron chi connectivity index (χ2n) is 12.0. The van der Waals surface area contributed by atoms with E-state index in [1.807, 2.05) is 6.07 Å². The third kappa shape index (κ3) is 3.49. The van der Waals surface area contributed by atoms with Crippen LogP contribution in [0, 0.1) is 16.0 Å². The van der Waals surface area contributed by atoms with Crippen LogP contribution in [0.15, 0.2) is 42.5 Å². The van der Waals surface area contributed by atoms with E-state index in [2.05, 4.69) is 4.90 Å². The highest BCUT2D eigenvalue weighted by molar-refractivity contribution is 5.92. The molecule has 2 aromatic carbocycles. The van der Waals surface area contributed by atoms with Gasteiger partial charge in [0.25, 0.3) is 5.69 Å². The number of amides is 1. The van der Waals surface area contributed by atoms with Gasteiger partial charge in [-0.25, -0.2) is 0 Å². The highest BCUT2D eigenvalue weighted by Gasteiger charge is 2.73. The number of phenols is 1. The number of rotatable bonds is 6. The summed E-state index contributed by atoms with van der Waals surface area (Å²) < 4.78 is 6.57. The molecule has 3 fully saturated rings. The summed E-state index contributed by atoms with van der Waals surface area (Å²) in [5.41, 5.74) is 0.906. The molecule has 3 unspecified atom stereocenters. The predicted octanol–water partition coefficient (Wildman–Crippen LogP) is 3.40. The zero-order chi connectivity index (χ0) is 27.1. The molecule has 3 aliphatic carbocycles. The zero-order valence-electron chi connectivity index (χ0n) is 22.0. The molecule has 2 aromatic rings. The van der Waals surface area contributed by atoms with E-state index in [9.17, 15) is 25.1 Å². The molecule has 9 heteroatoms. The van der Waals surface area contributed by atoms with Crippen LogP contribution in [-0.4, -0.2) is 74.8 Å². The Balaban J connectivity index is 1.22. The molecular formula is C30H33N3O6. The lowest BCUT2D eigenvalue weighted by Crippen LogP contribution is -2.78. The minimum Gasteiger partial charge on any atom is -0.504 e. The van der Waals surface area contributed by atoms with Gasteiger partial charge >= 0.3 is 0 Å². The van der Waals surface area contributed by atoms with Gasteiger partial charge in [-0.05, 0) is 74.3 Å². The minimum atomic E-state index is -1.00. The van der Waals surface area contributed by atoms with Crippen LogP contribution in [0.1, 0.15) is 48.8 Å². The SMILES string of the molecule is CN(C(=O)C=Cc1cccc([N+](=O)[O-])c1)C1CCC2(O)[C@H]3Cc4ccc(O)c5c4[C@@]2(CCN3CC2CC2)C1O5. The second-order valence-corrected chi connectivity index (χ2v) is 12.0. The van der Waals surface area contributed by atoms with Crippen molar-refractivity contribution in [3.8, 4) is 11.5 Å². The summed E-state index contributed by atoms with van der Waals surface area (Å²) in [6.07, 6.45) is 7.62. The molecule has 9 nitrogen and oxygen atoms in total. The predicted molar refractivity (Wildman–Crippen MR) is 143 cm³/mol. The summed E-state index contributed by atoms with van der Waals surface area (Å²) in [5.74, 6) is 1.02. The molecule has 1 spiro atoms. The van der Waals surface area contributed by atoms with E-state index in [0.717, 1.165) is 30.6 Å². The molecule has 2 saturated carbocycles. The van der Waals surface area contributed by atoms with Crippen molar-refractivity contribution in [2.45, 2.75) is 67.7 Å². The first-order valence-electron chi connectivity index (χ1n) is 13.9. The maximum absolute atomic E-state index is 13.4. The first-order valence-corrected chi connectivity index (χ1v) is 13.9. The molecule has 39 heavy (non-hydrogen) atoms. The highest BCUT2D eigenvalue weighted by Crippen LogP contribution is 2.66.